The van der Waals surface area contributed by atoms with E-state index >= 15 is 0 Å². The highest BCUT2D eigenvalue weighted by Gasteiger charge is 2.28. The monoisotopic (exact) mass is 364 g/mol. The number of nitrogens with zero attached hydrogens (tertiary/aromatic N) is 1. The number of phenols is 1. The summed E-state index contributed by atoms with van der Waals surface area (Å²) in [6.45, 7) is 0.905. The summed E-state index contributed by atoms with van der Waals surface area (Å²) in [7, 11) is -3.67. The number of hydrogen-bond acceptors (Lipinski definition) is 4. The molecule has 0 aromatic heterocycles. The number of benzene rings is 2. The van der Waals surface area contributed by atoms with Crippen LogP contribution in [0.15, 0.2) is 47.4 Å². The van der Waals surface area contributed by atoms with Gasteiger partial charge < -0.3 is 10.4 Å². The van der Waals surface area contributed by atoms with Gasteiger partial charge in [0.25, 0.3) is 5.91 Å². The molecule has 3 rings (SSSR count). The molecule has 0 aliphatic carbocycles. The number of anilines is 1. The van der Waals surface area contributed by atoms with E-state index in [0.717, 1.165) is 18.9 Å². The Morgan fingerprint density at radius 3 is 2.52 bits per heavy atom. The number of sulfonamides is 1. The van der Waals surface area contributed by atoms with Crippen molar-refractivity contribution in [3.05, 3.63) is 53.8 Å². The standard InChI is InChI=1S/C17H17FN2O4S/c18-13-5-3-4-12(10-13)17(22)19-15-11-14(6-7-16(15)21)25(23,24)20-8-1-2-9-20/h3-7,10-11,21H,1-2,8-9H2,(H,19,22). The van der Waals surface area contributed by atoms with E-state index < -0.39 is 21.7 Å². The number of nitrogens with one attached hydrogen (secondary N) is 1. The summed E-state index contributed by atoms with van der Waals surface area (Å²) >= 11 is 0. The van der Waals surface area contributed by atoms with Crippen LogP contribution in [-0.4, -0.2) is 36.8 Å². The highest BCUT2D eigenvalue weighted by Crippen LogP contribution is 2.29. The molecule has 0 spiro atoms. The van der Waals surface area contributed by atoms with Crippen LogP contribution in [0.5, 0.6) is 5.75 Å². The van der Waals surface area contributed by atoms with Crippen molar-refractivity contribution in [3.63, 3.8) is 0 Å². The van der Waals surface area contributed by atoms with Gasteiger partial charge in [0.05, 0.1) is 10.6 Å². The summed E-state index contributed by atoms with van der Waals surface area (Å²) in [5, 5.41) is 12.3. The molecule has 1 heterocycles. The van der Waals surface area contributed by atoms with Crippen molar-refractivity contribution in [2.75, 3.05) is 18.4 Å². The van der Waals surface area contributed by atoms with E-state index in [1.54, 1.807) is 0 Å². The van der Waals surface area contributed by atoms with Crippen LogP contribution in [0.25, 0.3) is 0 Å². The Labute approximate surface area is 144 Å². The van der Waals surface area contributed by atoms with Crippen LogP contribution in [0.3, 0.4) is 0 Å². The second kappa shape index (κ2) is 6.81. The summed E-state index contributed by atoms with van der Waals surface area (Å²) < 4.78 is 39.8. The lowest BCUT2D eigenvalue weighted by Gasteiger charge is -2.16. The first-order chi connectivity index (χ1) is 11.9. The Kier molecular flexibility index (Phi) is 4.73. The zero-order valence-electron chi connectivity index (χ0n) is 13.3. The van der Waals surface area contributed by atoms with Gasteiger partial charge in [-0.3, -0.25) is 4.79 Å². The van der Waals surface area contributed by atoms with E-state index in [9.17, 15) is 22.7 Å². The summed E-state index contributed by atoms with van der Waals surface area (Å²) in [6, 6.07) is 8.78. The Balaban J connectivity index is 1.88. The molecule has 2 aromatic rings. The third-order valence-electron chi connectivity index (χ3n) is 4.01. The molecule has 25 heavy (non-hydrogen) atoms. The molecule has 8 heteroatoms. The zero-order valence-corrected chi connectivity index (χ0v) is 14.1. The molecule has 1 fully saturated rings. The maximum Gasteiger partial charge on any atom is 0.255 e. The molecule has 2 N–H and O–H groups in total. The number of rotatable bonds is 4. The number of hydrogen-bond donors (Lipinski definition) is 2. The molecule has 0 saturated carbocycles. The molecule has 0 bridgehead atoms. The van der Waals surface area contributed by atoms with Gasteiger partial charge in [-0.25, -0.2) is 12.8 Å². The van der Waals surface area contributed by atoms with Crippen molar-refractivity contribution in [1.82, 2.24) is 4.31 Å². The number of phenolic OH excluding ortho intramolecular Hbond substituents is 1. The second-order valence-electron chi connectivity index (χ2n) is 5.75. The van der Waals surface area contributed by atoms with E-state index in [1.807, 2.05) is 0 Å². The minimum Gasteiger partial charge on any atom is -0.506 e. The number of aromatic hydroxyl groups is 1. The van der Waals surface area contributed by atoms with Gasteiger partial charge in [-0.1, -0.05) is 6.07 Å². The van der Waals surface area contributed by atoms with Gasteiger partial charge in [0.15, 0.2) is 0 Å². The maximum absolute atomic E-state index is 13.2. The Bertz CT molecular complexity index is 909. The molecule has 132 valence electrons. The molecule has 1 saturated heterocycles. The lowest BCUT2D eigenvalue weighted by atomic mass is 10.2. The fourth-order valence-corrected chi connectivity index (χ4v) is 4.22. The summed E-state index contributed by atoms with van der Waals surface area (Å²) in [5.41, 5.74) is 0.0155. The van der Waals surface area contributed by atoms with Crippen molar-refractivity contribution in [1.29, 1.82) is 0 Å². The predicted octanol–water partition coefficient (Wildman–Crippen LogP) is 2.57. The predicted molar refractivity (Wildman–Crippen MR) is 90.5 cm³/mol. The van der Waals surface area contributed by atoms with E-state index in [-0.39, 0.29) is 21.9 Å². The van der Waals surface area contributed by atoms with E-state index in [2.05, 4.69) is 5.32 Å². The molecule has 0 radical (unpaired) electrons. The van der Waals surface area contributed by atoms with Gasteiger partial charge in [0, 0.05) is 18.7 Å². The molecule has 0 unspecified atom stereocenters. The van der Waals surface area contributed by atoms with Gasteiger partial charge in [-0.15, -0.1) is 0 Å². The normalized spacial score (nSPS) is 15.2. The molecule has 6 nitrogen and oxygen atoms in total. The Hall–Kier alpha value is -2.45. The van der Waals surface area contributed by atoms with Gasteiger partial charge in [0.2, 0.25) is 10.0 Å². The topological polar surface area (TPSA) is 86.7 Å². The third kappa shape index (κ3) is 3.64. The van der Waals surface area contributed by atoms with Gasteiger partial charge in [-0.2, -0.15) is 4.31 Å². The van der Waals surface area contributed by atoms with Crippen molar-refractivity contribution in [2.24, 2.45) is 0 Å². The molecule has 2 aromatic carbocycles. The first-order valence-electron chi connectivity index (χ1n) is 7.78. The van der Waals surface area contributed by atoms with E-state index in [1.165, 1.54) is 40.7 Å². The van der Waals surface area contributed by atoms with Crippen LogP contribution >= 0.6 is 0 Å². The highest BCUT2D eigenvalue weighted by molar-refractivity contribution is 7.89. The quantitative estimate of drug-likeness (QED) is 0.817. The fourth-order valence-electron chi connectivity index (χ4n) is 2.68. The van der Waals surface area contributed by atoms with Crippen molar-refractivity contribution >= 4 is 21.6 Å². The first kappa shape index (κ1) is 17.4. The average molecular weight is 364 g/mol. The molecule has 1 aliphatic rings. The molecule has 1 aliphatic heterocycles. The van der Waals surface area contributed by atoms with Crippen LogP contribution in [0, 0.1) is 5.82 Å². The van der Waals surface area contributed by atoms with Crippen LogP contribution in [-0.2, 0) is 10.0 Å². The summed E-state index contributed by atoms with van der Waals surface area (Å²) in [4.78, 5) is 12.2. The number of halogens is 1. The van der Waals surface area contributed by atoms with Crippen LogP contribution in [0.1, 0.15) is 23.2 Å². The maximum atomic E-state index is 13.2. The van der Waals surface area contributed by atoms with Crippen molar-refractivity contribution in [3.8, 4) is 5.75 Å². The summed E-state index contributed by atoms with van der Waals surface area (Å²) in [5.74, 6) is -1.49. The largest absolute Gasteiger partial charge is 0.506 e. The summed E-state index contributed by atoms with van der Waals surface area (Å²) in [6.07, 6.45) is 1.61. The molecule has 0 atom stereocenters. The van der Waals surface area contributed by atoms with Gasteiger partial charge in [0.1, 0.15) is 11.6 Å². The Morgan fingerprint density at radius 1 is 1.12 bits per heavy atom. The lowest BCUT2D eigenvalue weighted by Crippen LogP contribution is -2.28. The Morgan fingerprint density at radius 2 is 1.84 bits per heavy atom. The van der Waals surface area contributed by atoms with Crippen molar-refractivity contribution in [2.45, 2.75) is 17.7 Å². The third-order valence-corrected chi connectivity index (χ3v) is 5.90. The molecular formula is C17H17FN2O4S. The lowest BCUT2D eigenvalue weighted by molar-refractivity contribution is 0.102. The number of carbonyl (C=O) groups excluding carboxylic acids is 1. The minimum atomic E-state index is -3.67. The SMILES string of the molecule is O=C(Nc1cc(S(=O)(=O)N2CCCC2)ccc1O)c1cccc(F)c1. The smallest absolute Gasteiger partial charge is 0.255 e. The number of carbonyl (C=O) groups is 1. The zero-order chi connectivity index (χ0) is 18.0. The highest BCUT2D eigenvalue weighted by atomic mass is 32.2. The average Bonchev–Trinajstić information content (AvgIpc) is 3.12. The van der Waals surface area contributed by atoms with E-state index in [0.29, 0.717) is 13.1 Å². The van der Waals surface area contributed by atoms with Crippen molar-refractivity contribution < 1.29 is 22.7 Å². The number of amides is 1. The van der Waals surface area contributed by atoms with Gasteiger partial charge >= 0.3 is 0 Å². The fraction of sp³-hybridized carbons (Fsp3) is 0.235. The van der Waals surface area contributed by atoms with Crippen LogP contribution in [0.4, 0.5) is 10.1 Å². The van der Waals surface area contributed by atoms with Crippen LogP contribution in [0.2, 0.25) is 0 Å². The minimum absolute atomic E-state index is 0.0123. The second-order valence-corrected chi connectivity index (χ2v) is 7.69. The molecule has 1 amide bonds. The van der Waals surface area contributed by atoms with Gasteiger partial charge in [-0.05, 0) is 49.2 Å². The molecular weight excluding hydrogens is 347 g/mol. The first-order valence-corrected chi connectivity index (χ1v) is 9.22. The van der Waals surface area contributed by atoms with Crippen LogP contribution < -0.4 is 5.32 Å². The van der Waals surface area contributed by atoms with E-state index in [4.69, 9.17) is 0 Å².